The number of anilines is 1. The van der Waals surface area contributed by atoms with Gasteiger partial charge >= 0.3 is 19.7 Å². The number of benzene rings is 1. The average molecular weight is 565 g/mol. The van der Waals surface area contributed by atoms with Crippen molar-refractivity contribution in [3.63, 3.8) is 0 Å². The van der Waals surface area contributed by atoms with Crippen LogP contribution in [0, 0.1) is 5.41 Å². The highest BCUT2D eigenvalue weighted by Crippen LogP contribution is 2.46. The van der Waals surface area contributed by atoms with Crippen molar-refractivity contribution < 1.29 is 33.0 Å². The third-order valence-corrected chi connectivity index (χ3v) is 7.92. The normalized spacial score (nSPS) is 12.9. The maximum atomic E-state index is 13.3. The van der Waals surface area contributed by atoms with Gasteiger partial charge in [-0.1, -0.05) is 32.9 Å². The summed E-state index contributed by atoms with van der Waals surface area (Å²) >= 11 is 0. The molecule has 1 amide bonds. The second-order valence-corrected chi connectivity index (χ2v) is 11.8. The first-order chi connectivity index (χ1) is 18.4. The smallest absolute Gasteiger partial charge is 0.404 e. The zero-order chi connectivity index (χ0) is 28.8. The van der Waals surface area contributed by atoms with Crippen LogP contribution in [0.15, 0.2) is 24.3 Å². The molecule has 1 atom stereocenters. The number of nitrogen functional groups attached to an aromatic ring is 1. The molecule has 39 heavy (non-hydrogen) atoms. The Morgan fingerprint density at radius 3 is 2.46 bits per heavy atom. The van der Waals surface area contributed by atoms with Gasteiger partial charge in [0.15, 0.2) is 17.0 Å². The highest BCUT2D eigenvalue weighted by Gasteiger charge is 2.29. The third-order valence-electron chi connectivity index (χ3n) is 5.81. The fourth-order valence-electron chi connectivity index (χ4n) is 3.97. The number of aromatic nitrogens is 4. The van der Waals surface area contributed by atoms with Gasteiger partial charge in [0.1, 0.15) is 6.10 Å². The number of nitrogens with zero attached hydrogens (tertiary/aromatic N) is 4. The number of hydrogen-bond donors (Lipinski definition) is 3. The summed E-state index contributed by atoms with van der Waals surface area (Å²) < 4.78 is 37.6. The molecule has 214 valence electrons. The van der Waals surface area contributed by atoms with Gasteiger partial charge < -0.3 is 34.7 Å². The van der Waals surface area contributed by atoms with E-state index in [1.807, 2.05) is 26.8 Å². The van der Waals surface area contributed by atoms with Gasteiger partial charge in [0.25, 0.3) is 6.01 Å². The number of hydrogen-bond acceptors (Lipinski definition) is 10. The first-order valence-corrected chi connectivity index (χ1v) is 14.2. The Morgan fingerprint density at radius 2 is 1.87 bits per heavy atom. The number of nitrogens with one attached hydrogen (secondary N) is 1. The predicted octanol–water partition coefficient (Wildman–Crippen LogP) is 3.81. The Hall–Kier alpha value is -3.41. The number of ether oxygens (including phenoxy) is 2. The van der Waals surface area contributed by atoms with Crippen LogP contribution in [0.2, 0.25) is 0 Å². The van der Waals surface area contributed by atoms with Crippen molar-refractivity contribution in [2.45, 2.75) is 53.7 Å². The number of nitrogens with two attached hydrogens (primary N) is 1. The molecule has 0 aliphatic heterocycles. The molecule has 4 N–H and O–H groups in total. The van der Waals surface area contributed by atoms with Crippen molar-refractivity contribution in [3.8, 4) is 12.0 Å². The minimum Gasteiger partial charge on any atom is -0.468 e. The van der Waals surface area contributed by atoms with Crippen LogP contribution in [-0.2, 0) is 20.2 Å². The van der Waals surface area contributed by atoms with Crippen LogP contribution in [0.5, 0.6) is 12.0 Å². The van der Waals surface area contributed by atoms with Crippen LogP contribution >= 0.6 is 7.60 Å². The molecular formula is C25H37N6O7P. The minimum atomic E-state index is -3.48. The molecule has 1 unspecified atom stereocenters. The van der Waals surface area contributed by atoms with Gasteiger partial charge in [-0.15, -0.1) is 0 Å². The lowest BCUT2D eigenvalue weighted by molar-refractivity contribution is 0.0700. The Bertz CT molecular complexity index is 1330. The van der Waals surface area contributed by atoms with Crippen LogP contribution in [0.4, 0.5) is 10.6 Å². The SMILES string of the molecule is CCOP(=O)(OCC)c1cccc(Cn2c(OC)nc3c(N)nc(OC(CCNC(=O)O)C(C)(C)C)nc32)c1. The van der Waals surface area contributed by atoms with Crippen molar-refractivity contribution >= 4 is 36.0 Å². The summed E-state index contributed by atoms with van der Waals surface area (Å²) in [7, 11) is -2.00. The van der Waals surface area contributed by atoms with E-state index in [9.17, 15) is 9.36 Å². The van der Waals surface area contributed by atoms with E-state index in [2.05, 4.69) is 20.3 Å². The van der Waals surface area contributed by atoms with Crippen molar-refractivity contribution in [2.24, 2.45) is 5.41 Å². The van der Waals surface area contributed by atoms with Gasteiger partial charge in [0, 0.05) is 13.0 Å². The third kappa shape index (κ3) is 7.37. The van der Waals surface area contributed by atoms with Gasteiger partial charge in [-0.25, -0.2) is 4.79 Å². The summed E-state index contributed by atoms with van der Waals surface area (Å²) in [6.45, 7) is 10.4. The van der Waals surface area contributed by atoms with Crippen molar-refractivity contribution in [2.75, 3.05) is 32.6 Å². The Kier molecular flexibility index (Phi) is 9.76. The lowest BCUT2D eigenvalue weighted by Crippen LogP contribution is -2.36. The molecule has 2 heterocycles. The van der Waals surface area contributed by atoms with Crippen LogP contribution in [0.1, 0.15) is 46.6 Å². The monoisotopic (exact) mass is 564 g/mol. The average Bonchev–Trinajstić information content (AvgIpc) is 3.21. The molecule has 13 nitrogen and oxygen atoms in total. The Morgan fingerprint density at radius 1 is 1.18 bits per heavy atom. The maximum absolute atomic E-state index is 13.3. The van der Waals surface area contributed by atoms with Crippen LogP contribution in [0.3, 0.4) is 0 Å². The van der Waals surface area contributed by atoms with E-state index in [1.54, 1.807) is 36.6 Å². The molecule has 0 saturated carbocycles. The fraction of sp³-hybridized carbons (Fsp3) is 0.520. The van der Waals surface area contributed by atoms with Crippen LogP contribution in [0.25, 0.3) is 11.2 Å². The second-order valence-electron chi connectivity index (χ2n) is 9.74. The molecular weight excluding hydrogens is 527 g/mol. The topological polar surface area (TPSA) is 173 Å². The molecule has 3 aromatic rings. The second kappa shape index (κ2) is 12.6. The zero-order valence-electron chi connectivity index (χ0n) is 23.1. The molecule has 0 spiro atoms. The number of carboxylic acid groups (broad SMARTS) is 1. The summed E-state index contributed by atoms with van der Waals surface area (Å²) in [5.41, 5.74) is 7.39. The van der Waals surface area contributed by atoms with Crippen LogP contribution < -0.4 is 25.8 Å². The molecule has 3 rings (SSSR count). The van der Waals surface area contributed by atoms with Gasteiger partial charge in [-0.2, -0.15) is 15.0 Å². The maximum Gasteiger partial charge on any atom is 0.404 e. The van der Waals surface area contributed by atoms with E-state index < -0.39 is 19.8 Å². The zero-order valence-corrected chi connectivity index (χ0v) is 24.0. The molecule has 0 aliphatic rings. The molecule has 2 aromatic heterocycles. The first-order valence-electron chi connectivity index (χ1n) is 12.6. The van der Waals surface area contributed by atoms with Crippen molar-refractivity contribution in [3.05, 3.63) is 29.8 Å². The molecule has 14 heteroatoms. The highest BCUT2D eigenvalue weighted by atomic mass is 31.2. The number of fused-ring (bicyclic) bond motifs is 1. The van der Waals surface area contributed by atoms with E-state index >= 15 is 0 Å². The van der Waals surface area contributed by atoms with E-state index in [-0.39, 0.29) is 49.6 Å². The molecule has 1 aromatic carbocycles. The Balaban J connectivity index is 1.99. The summed E-state index contributed by atoms with van der Waals surface area (Å²) in [5, 5.41) is 11.7. The first kappa shape index (κ1) is 30.1. The highest BCUT2D eigenvalue weighted by molar-refractivity contribution is 7.62. The van der Waals surface area contributed by atoms with E-state index in [0.717, 1.165) is 5.56 Å². The van der Waals surface area contributed by atoms with E-state index in [0.29, 0.717) is 22.9 Å². The number of methoxy groups -OCH3 is 1. The Labute approximate surface area is 227 Å². The fourth-order valence-corrected chi connectivity index (χ4v) is 5.62. The minimum absolute atomic E-state index is 0.0324. The van der Waals surface area contributed by atoms with Gasteiger partial charge in [0.05, 0.1) is 32.2 Å². The summed E-state index contributed by atoms with van der Waals surface area (Å²) in [6.07, 6.45) is -1.13. The van der Waals surface area contributed by atoms with Gasteiger partial charge in [-0.3, -0.25) is 9.13 Å². The summed E-state index contributed by atoms with van der Waals surface area (Å²) in [5.74, 6) is 0.106. The molecule has 0 fully saturated rings. The number of imidazole rings is 1. The lowest BCUT2D eigenvalue weighted by atomic mass is 9.87. The molecule has 0 aliphatic carbocycles. The van der Waals surface area contributed by atoms with Crippen molar-refractivity contribution in [1.29, 1.82) is 0 Å². The number of carbonyl (C=O) groups is 1. The van der Waals surface area contributed by atoms with Crippen molar-refractivity contribution in [1.82, 2.24) is 24.8 Å². The van der Waals surface area contributed by atoms with E-state index in [4.69, 9.17) is 29.4 Å². The summed E-state index contributed by atoms with van der Waals surface area (Å²) in [4.78, 5) is 24.2. The predicted molar refractivity (Wildman–Crippen MR) is 147 cm³/mol. The molecule has 0 saturated heterocycles. The lowest BCUT2D eigenvalue weighted by Gasteiger charge is -2.30. The van der Waals surface area contributed by atoms with Gasteiger partial charge in [0.2, 0.25) is 0 Å². The van der Waals surface area contributed by atoms with Gasteiger partial charge in [-0.05, 0) is 37.0 Å². The standard InChI is InChI=1S/C25H37N6O7P/c1-7-36-39(34,37-8-2)17-11-9-10-16(14-17)15-31-21-19(28-23(31)35-6)20(26)29-22(30-21)38-18(25(3,4)5)12-13-27-24(32)33/h9-11,14,18,27H,7-8,12-13,15H2,1-6H3,(H,32,33)(H2,26,29,30). The molecule has 0 radical (unpaired) electrons. The summed E-state index contributed by atoms with van der Waals surface area (Å²) in [6, 6.07) is 7.39. The number of amides is 1. The van der Waals surface area contributed by atoms with Crippen LogP contribution in [-0.4, -0.2) is 63.7 Å². The largest absolute Gasteiger partial charge is 0.468 e. The van der Waals surface area contributed by atoms with E-state index in [1.165, 1.54) is 7.11 Å². The number of rotatable bonds is 13. The quantitative estimate of drug-likeness (QED) is 0.258. The molecule has 0 bridgehead atoms.